The zero-order valence-corrected chi connectivity index (χ0v) is 47.8. The normalized spacial score (nSPS) is 12.2. The summed E-state index contributed by atoms with van der Waals surface area (Å²) in [6.45, 7) is 6.72. The average Bonchev–Trinajstić information content (AvgIpc) is 4.01. The predicted octanol–water partition coefficient (Wildman–Crippen LogP) is 19.0. The fourth-order valence-corrected chi connectivity index (χ4v) is 13.2. The molecule has 7 heteroatoms. The van der Waals surface area contributed by atoms with E-state index in [1.807, 2.05) is 24.4 Å². The van der Waals surface area contributed by atoms with Gasteiger partial charge in [0.05, 0.1) is 27.6 Å². The van der Waals surface area contributed by atoms with Gasteiger partial charge in [-0.25, -0.2) is 4.98 Å². The van der Waals surface area contributed by atoms with E-state index in [1.54, 1.807) is 0 Å². The summed E-state index contributed by atoms with van der Waals surface area (Å²) in [4.78, 5) is 5.04. The average molecular weight is 1240 g/mol. The van der Waals surface area contributed by atoms with Crippen LogP contribution in [0.3, 0.4) is 0 Å². The van der Waals surface area contributed by atoms with E-state index in [0.717, 1.165) is 132 Å². The van der Waals surface area contributed by atoms with Gasteiger partial charge in [0, 0.05) is 65.6 Å². The number of hydrogen-bond acceptors (Lipinski definition) is 2. The second-order valence-corrected chi connectivity index (χ2v) is 22.7. The Morgan fingerprint density at radius 2 is 1.12 bits per heavy atom. The van der Waals surface area contributed by atoms with Crippen LogP contribution in [0.4, 0.5) is 0 Å². The molecule has 11 aromatic carbocycles. The molecule has 0 amide bonds. The first kappa shape index (κ1) is 49.0. The van der Waals surface area contributed by atoms with Gasteiger partial charge in [0.15, 0.2) is 0 Å². The molecule has 0 saturated heterocycles. The maximum absolute atomic E-state index is 6.89. The minimum absolute atomic E-state index is 0. The molecule has 6 aromatic heterocycles. The third-order valence-electron chi connectivity index (χ3n) is 17.0. The van der Waals surface area contributed by atoms with Gasteiger partial charge in [-0.2, -0.15) is 18.2 Å². The Kier molecular flexibility index (Phi) is 11.0. The van der Waals surface area contributed by atoms with Crippen LogP contribution in [0.1, 0.15) is 26.3 Å². The van der Waals surface area contributed by atoms with Crippen LogP contribution >= 0.6 is 0 Å². The predicted molar refractivity (Wildman–Crippen MR) is 338 cm³/mol. The van der Waals surface area contributed by atoms with Gasteiger partial charge in [0.2, 0.25) is 0 Å². The number of para-hydroxylation sites is 3. The molecule has 1 aliphatic rings. The topological polar surface area (TPSA) is 43.9 Å². The van der Waals surface area contributed by atoms with Gasteiger partial charge in [0.25, 0.3) is 6.33 Å². The van der Waals surface area contributed by atoms with E-state index >= 15 is 0 Å². The number of imidazole rings is 1. The molecule has 7 heterocycles. The second kappa shape index (κ2) is 18.6. The molecule has 18 rings (SSSR count). The van der Waals surface area contributed by atoms with Crippen molar-refractivity contribution in [3.63, 3.8) is 0 Å². The van der Waals surface area contributed by atoms with Crippen molar-refractivity contribution in [1.29, 1.82) is 0 Å². The largest absolute Gasteiger partial charge is 0.510 e. The van der Waals surface area contributed by atoms with E-state index in [-0.39, 0.29) is 26.5 Å². The molecule has 17 aromatic rings. The number of benzene rings is 11. The first-order chi connectivity index (χ1) is 40.3. The zero-order chi connectivity index (χ0) is 54.4. The first-order valence-electron chi connectivity index (χ1n) is 28.0. The summed E-state index contributed by atoms with van der Waals surface area (Å²) in [5, 5.41) is 13.6. The molecule has 396 valence electrons. The van der Waals surface area contributed by atoms with Gasteiger partial charge in [-0.1, -0.05) is 184 Å². The summed E-state index contributed by atoms with van der Waals surface area (Å²) < 4.78 is 16.0. The Hall–Kier alpha value is -9.87. The van der Waals surface area contributed by atoms with Crippen LogP contribution in [0.25, 0.3) is 154 Å². The Morgan fingerprint density at radius 1 is 0.458 bits per heavy atom. The summed E-state index contributed by atoms with van der Waals surface area (Å²) >= 11 is 0. The van der Waals surface area contributed by atoms with Gasteiger partial charge in [0.1, 0.15) is 5.82 Å². The van der Waals surface area contributed by atoms with E-state index < -0.39 is 0 Å². The molecule has 0 N–H and O–H groups in total. The van der Waals surface area contributed by atoms with E-state index in [4.69, 9.17) is 9.40 Å². The molecule has 0 fully saturated rings. The van der Waals surface area contributed by atoms with Gasteiger partial charge in [-0.05, 0) is 130 Å². The van der Waals surface area contributed by atoms with E-state index in [0.29, 0.717) is 11.2 Å². The number of nitrogens with zero attached hydrogens (tertiary/aromatic N) is 5. The van der Waals surface area contributed by atoms with Crippen molar-refractivity contribution >= 4 is 125 Å². The third-order valence-corrected chi connectivity index (χ3v) is 17.0. The summed E-state index contributed by atoms with van der Waals surface area (Å²) in [7, 11) is 0. The number of hydrogen-bond donors (Lipinski definition) is 0. The molecule has 0 aliphatic carbocycles. The fraction of sp³-hybridized carbons (Fsp3) is 0.0526. The Labute approximate surface area is 491 Å². The Bertz CT molecular complexity index is 5710. The first-order valence-corrected chi connectivity index (χ1v) is 28.0. The number of fused-ring (bicyclic) bond motifs is 6. The second-order valence-electron chi connectivity index (χ2n) is 22.7. The van der Waals surface area contributed by atoms with Crippen LogP contribution in [0.2, 0.25) is 0 Å². The minimum Gasteiger partial charge on any atom is -0.510 e. The van der Waals surface area contributed by atoms with Crippen molar-refractivity contribution in [3.05, 3.63) is 267 Å². The standard InChI is InChI=1S/C76H49N5O.Pt/c1-76(2,3)51-38-39-77-72(43-51)81-69-37-32-50-42-66(69)61-34-33-55(45-71(61)81)82-54-21-14-19-52(44-54)78-46-79-67-29-10-9-27-65(67)73-62(58-24-6-7-25-59(58)63-28-15-31-70(78)74(63)79)35-36-64-60-26-8-11-30-68(60)80(75(64)73)53-20-13-17-48(41-53)47-16-12-18-49(40-47)56-22-4-5-23-57(50)56;/h4-43H,1-3H3;/q-2;. The molecule has 0 saturated carbocycles. The van der Waals surface area contributed by atoms with Crippen molar-refractivity contribution in [2.24, 2.45) is 0 Å². The monoisotopic (exact) mass is 1240 g/mol. The molecule has 6 nitrogen and oxygen atoms in total. The number of pyridine rings is 1. The number of aromatic nitrogens is 5. The van der Waals surface area contributed by atoms with Gasteiger partial charge >= 0.3 is 0 Å². The zero-order valence-electron chi connectivity index (χ0n) is 45.6. The molecule has 0 radical (unpaired) electrons. The van der Waals surface area contributed by atoms with E-state index in [1.165, 1.54) is 16.3 Å². The van der Waals surface area contributed by atoms with Crippen LogP contribution in [-0.4, -0.2) is 18.4 Å². The van der Waals surface area contributed by atoms with Crippen molar-refractivity contribution < 1.29 is 29.9 Å². The molecule has 14 bridgehead atoms. The third kappa shape index (κ3) is 7.52. The van der Waals surface area contributed by atoms with Crippen LogP contribution < -0.4 is 4.40 Å². The van der Waals surface area contributed by atoms with Crippen molar-refractivity contribution in [1.82, 2.24) is 18.4 Å². The molecular formula is C76H49N5OPt-2. The van der Waals surface area contributed by atoms with E-state index in [9.17, 15) is 0 Å². The molecule has 83 heavy (non-hydrogen) atoms. The maximum Gasteiger partial charge on any atom is 0.268 e. The van der Waals surface area contributed by atoms with Crippen LogP contribution in [0, 0.1) is 18.5 Å². The smallest absolute Gasteiger partial charge is 0.268 e. The minimum atomic E-state index is -0.0897. The SMILES string of the molecule is CC(C)(C)c1ccnc(-n2c3[c-]c4ccc3c3cc(ccc32)c2ccccc2c2cccc(c2)c2cccc(c2)n2c3ccccc3c3ccc5c(c6ccccc6[n+]6[c-]n(c7[c-]c(ccc7)o4)c4cccc(c46)-c4ccccc4-5)c32)c1.[Pt]. The van der Waals surface area contributed by atoms with Gasteiger partial charge < -0.3 is 17.8 Å². The van der Waals surface area contributed by atoms with Gasteiger partial charge in [-0.3, -0.25) is 4.40 Å². The Morgan fingerprint density at radius 3 is 1.96 bits per heavy atom. The van der Waals surface area contributed by atoms with E-state index in [2.05, 4.69) is 275 Å². The quantitative estimate of drug-likeness (QED) is 0.121. The van der Waals surface area contributed by atoms with Crippen LogP contribution in [-0.2, 0) is 26.5 Å². The van der Waals surface area contributed by atoms with Crippen LogP contribution in [0.15, 0.2) is 247 Å². The van der Waals surface area contributed by atoms with Crippen molar-refractivity contribution in [2.45, 2.75) is 26.2 Å². The summed E-state index contributed by atoms with van der Waals surface area (Å²) in [5.41, 5.74) is 15.9. The number of rotatable bonds is 1. The summed E-state index contributed by atoms with van der Waals surface area (Å²) in [6, 6.07) is 93.7. The molecular weight excluding hydrogens is 1190 g/mol. The fourth-order valence-electron chi connectivity index (χ4n) is 13.2. The molecule has 0 spiro atoms. The van der Waals surface area contributed by atoms with Crippen molar-refractivity contribution in [2.75, 3.05) is 0 Å². The molecule has 1 aliphatic heterocycles. The summed E-state index contributed by atoms with van der Waals surface area (Å²) in [5.74, 6) is 0.823. The Balaban J connectivity index is 0.00000565. The maximum atomic E-state index is 6.89. The van der Waals surface area contributed by atoms with Gasteiger partial charge in [-0.15, -0.1) is 29.7 Å². The molecule has 0 atom stereocenters. The van der Waals surface area contributed by atoms with Crippen LogP contribution in [0.5, 0.6) is 0 Å². The van der Waals surface area contributed by atoms with Crippen molar-refractivity contribution in [3.8, 4) is 28.1 Å². The molecule has 0 unspecified atom stereocenters. The summed E-state index contributed by atoms with van der Waals surface area (Å²) in [6.07, 6.45) is 5.84.